The minimum atomic E-state index is -3.94. The molecule has 3 aromatic rings. The van der Waals surface area contributed by atoms with Gasteiger partial charge in [-0.3, -0.25) is 4.79 Å². The van der Waals surface area contributed by atoms with Gasteiger partial charge in [-0.25, -0.2) is 22.2 Å². The highest BCUT2D eigenvalue weighted by Gasteiger charge is 2.42. The number of aromatic nitrogens is 2. The average molecular weight is 431 g/mol. The number of rotatable bonds is 4. The first kappa shape index (κ1) is 20.4. The quantitative estimate of drug-likeness (QED) is 0.689. The summed E-state index contributed by atoms with van der Waals surface area (Å²) in [6, 6.07) is 12.1. The highest BCUT2D eigenvalue weighted by atomic mass is 32.2. The number of H-pyrrole nitrogens is 1. The largest absolute Gasteiger partial charge is 0.311 e. The van der Waals surface area contributed by atoms with Crippen LogP contribution in [-0.2, 0) is 10.0 Å². The van der Waals surface area contributed by atoms with E-state index in [0.29, 0.717) is 17.1 Å². The predicted molar refractivity (Wildman–Crippen MR) is 107 cm³/mol. The van der Waals surface area contributed by atoms with Gasteiger partial charge in [-0.2, -0.15) is 4.31 Å². The number of sulfonamides is 1. The van der Waals surface area contributed by atoms with Gasteiger partial charge in [0.15, 0.2) is 0 Å². The Bertz CT molecular complexity index is 1240. The van der Waals surface area contributed by atoms with Crippen LogP contribution in [0.15, 0.2) is 64.3 Å². The predicted octanol–water partition coefficient (Wildman–Crippen LogP) is 2.93. The number of aryl methyl sites for hydroxylation is 1. The van der Waals surface area contributed by atoms with E-state index in [1.165, 1.54) is 28.6 Å². The van der Waals surface area contributed by atoms with E-state index in [2.05, 4.69) is 9.97 Å². The third kappa shape index (κ3) is 3.78. The summed E-state index contributed by atoms with van der Waals surface area (Å²) in [5.74, 6) is -1.64. The SMILES string of the molecule is Cc1nc([C@@H]2CN(S(=O)(=O)c3ccc(F)cc3)C[C@H]2c2ccccc2F)cc(=O)[nH]1. The summed E-state index contributed by atoms with van der Waals surface area (Å²) in [6.45, 7) is 1.67. The fourth-order valence-electron chi connectivity index (χ4n) is 3.90. The molecule has 30 heavy (non-hydrogen) atoms. The minimum Gasteiger partial charge on any atom is -0.311 e. The van der Waals surface area contributed by atoms with Gasteiger partial charge in [-0.15, -0.1) is 0 Å². The molecule has 1 aromatic heterocycles. The molecule has 0 saturated carbocycles. The molecule has 0 radical (unpaired) electrons. The Morgan fingerprint density at radius 1 is 1.03 bits per heavy atom. The molecule has 2 atom stereocenters. The van der Waals surface area contributed by atoms with E-state index in [9.17, 15) is 22.0 Å². The van der Waals surface area contributed by atoms with E-state index in [1.807, 2.05) is 0 Å². The molecule has 0 bridgehead atoms. The Morgan fingerprint density at radius 2 is 1.70 bits per heavy atom. The van der Waals surface area contributed by atoms with Crippen LogP contribution in [-0.4, -0.2) is 35.8 Å². The monoisotopic (exact) mass is 431 g/mol. The van der Waals surface area contributed by atoms with Crippen molar-refractivity contribution in [1.82, 2.24) is 14.3 Å². The summed E-state index contributed by atoms with van der Waals surface area (Å²) < 4.78 is 55.3. The summed E-state index contributed by atoms with van der Waals surface area (Å²) >= 11 is 0. The van der Waals surface area contributed by atoms with Crippen LogP contribution in [0.5, 0.6) is 0 Å². The lowest BCUT2D eigenvalue weighted by Gasteiger charge is -2.18. The van der Waals surface area contributed by atoms with Gasteiger partial charge in [0, 0.05) is 31.0 Å². The van der Waals surface area contributed by atoms with Crippen molar-refractivity contribution in [3.8, 4) is 0 Å². The maximum Gasteiger partial charge on any atom is 0.251 e. The number of hydrogen-bond donors (Lipinski definition) is 1. The second kappa shape index (κ2) is 7.73. The smallest absolute Gasteiger partial charge is 0.251 e. The highest BCUT2D eigenvalue weighted by molar-refractivity contribution is 7.89. The standard InChI is InChI=1S/C21H19F2N3O3S/c1-13-24-20(10-21(27)25-13)18-12-26(11-17(18)16-4-2-3-5-19(16)23)30(28,29)15-8-6-14(22)7-9-15/h2-10,17-18H,11-12H2,1H3,(H,24,25,27)/t17-,18+/m0/s1. The van der Waals surface area contributed by atoms with E-state index in [4.69, 9.17) is 0 Å². The van der Waals surface area contributed by atoms with E-state index in [1.54, 1.807) is 25.1 Å². The minimum absolute atomic E-state index is 0.0127. The lowest BCUT2D eigenvalue weighted by molar-refractivity contribution is 0.468. The van der Waals surface area contributed by atoms with Gasteiger partial charge < -0.3 is 4.98 Å². The third-order valence-electron chi connectivity index (χ3n) is 5.30. The van der Waals surface area contributed by atoms with Gasteiger partial charge in [-0.05, 0) is 42.8 Å². The highest BCUT2D eigenvalue weighted by Crippen LogP contribution is 2.41. The summed E-state index contributed by atoms with van der Waals surface area (Å²) in [7, 11) is -3.94. The molecule has 6 nitrogen and oxygen atoms in total. The van der Waals surface area contributed by atoms with Crippen molar-refractivity contribution >= 4 is 10.0 Å². The molecule has 1 aliphatic heterocycles. The van der Waals surface area contributed by atoms with Crippen LogP contribution < -0.4 is 5.56 Å². The van der Waals surface area contributed by atoms with Crippen LogP contribution in [0.2, 0.25) is 0 Å². The number of benzene rings is 2. The maximum atomic E-state index is 14.6. The van der Waals surface area contributed by atoms with Crippen molar-refractivity contribution in [2.75, 3.05) is 13.1 Å². The van der Waals surface area contributed by atoms with Gasteiger partial charge in [-0.1, -0.05) is 18.2 Å². The van der Waals surface area contributed by atoms with E-state index in [0.717, 1.165) is 12.1 Å². The summed E-state index contributed by atoms with van der Waals surface area (Å²) in [5.41, 5.74) is 0.407. The summed E-state index contributed by atoms with van der Waals surface area (Å²) in [4.78, 5) is 18.9. The van der Waals surface area contributed by atoms with Crippen LogP contribution in [0, 0.1) is 18.6 Å². The third-order valence-corrected chi connectivity index (χ3v) is 7.15. The fraction of sp³-hybridized carbons (Fsp3) is 0.238. The zero-order valence-electron chi connectivity index (χ0n) is 16.0. The fourth-order valence-corrected chi connectivity index (χ4v) is 5.39. The zero-order valence-corrected chi connectivity index (χ0v) is 16.9. The van der Waals surface area contributed by atoms with Crippen LogP contribution in [0.3, 0.4) is 0 Å². The van der Waals surface area contributed by atoms with Gasteiger partial charge in [0.25, 0.3) is 5.56 Å². The molecule has 0 spiro atoms. The lowest BCUT2D eigenvalue weighted by atomic mass is 9.86. The summed E-state index contributed by atoms with van der Waals surface area (Å²) in [6.07, 6.45) is 0. The van der Waals surface area contributed by atoms with Crippen LogP contribution in [0.4, 0.5) is 8.78 Å². The molecule has 156 valence electrons. The average Bonchev–Trinajstić information content (AvgIpc) is 3.14. The van der Waals surface area contributed by atoms with E-state index in [-0.39, 0.29) is 23.5 Å². The van der Waals surface area contributed by atoms with Crippen molar-refractivity contribution in [2.45, 2.75) is 23.7 Å². The van der Waals surface area contributed by atoms with Gasteiger partial charge >= 0.3 is 0 Å². The van der Waals surface area contributed by atoms with Crippen LogP contribution in [0.1, 0.15) is 28.9 Å². The van der Waals surface area contributed by atoms with Gasteiger partial charge in [0.2, 0.25) is 10.0 Å². The molecule has 1 fully saturated rings. The first-order valence-corrected chi connectivity index (χ1v) is 10.8. The molecular formula is C21H19F2N3O3S. The number of halogens is 2. The first-order chi connectivity index (χ1) is 14.3. The number of nitrogens with zero attached hydrogens (tertiary/aromatic N) is 2. The maximum absolute atomic E-state index is 14.6. The molecule has 0 unspecified atom stereocenters. The molecule has 2 heterocycles. The van der Waals surface area contributed by atoms with E-state index < -0.39 is 33.5 Å². The number of aromatic amines is 1. The Balaban J connectivity index is 1.78. The number of nitrogens with one attached hydrogen (secondary N) is 1. The molecule has 4 rings (SSSR count). The van der Waals surface area contributed by atoms with Crippen LogP contribution in [0.25, 0.3) is 0 Å². The number of hydrogen-bond acceptors (Lipinski definition) is 4. The van der Waals surface area contributed by atoms with Gasteiger partial charge in [0.1, 0.15) is 17.5 Å². The van der Waals surface area contributed by atoms with Crippen molar-refractivity contribution in [2.24, 2.45) is 0 Å². The van der Waals surface area contributed by atoms with Crippen molar-refractivity contribution < 1.29 is 17.2 Å². The van der Waals surface area contributed by atoms with E-state index >= 15 is 0 Å². The Kier molecular flexibility index (Phi) is 5.25. The molecule has 9 heteroatoms. The van der Waals surface area contributed by atoms with Crippen molar-refractivity contribution in [3.05, 3.63) is 93.7 Å². The molecule has 2 aromatic carbocycles. The normalized spacial score (nSPS) is 19.8. The first-order valence-electron chi connectivity index (χ1n) is 9.34. The Hall–Kier alpha value is -2.91. The van der Waals surface area contributed by atoms with Crippen molar-refractivity contribution in [1.29, 1.82) is 0 Å². The molecule has 1 aliphatic rings. The molecule has 1 saturated heterocycles. The topological polar surface area (TPSA) is 83.1 Å². The van der Waals surface area contributed by atoms with Crippen molar-refractivity contribution in [3.63, 3.8) is 0 Å². The Morgan fingerprint density at radius 3 is 2.37 bits per heavy atom. The Labute approximate surface area is 172 Å². The van der Waals surface area contributed by atoms with Gasteiger partial charge in [0.05, 0.1) is 10.6 Å². The molecular weight excluding hydrogens is 412 g/mol. The van der Waals surface area contributed by atoms with Crippen LogP contribution >= 0.6 is 0 Å². The molecule has 1 N–H and O–H groups in total. The second-order valence-electron chi connectivity index (χ2n) is 7.27. The molecule has 0 amide bonds. The summed E-state index contributed by atoms with van der Waals surface area (Å²) in [5, 5.41) is 0. The second-order valence-corrected chi connectivity index (χ2v) is 9.20. The zero-order chi connectivity index (χ0) is 21.5. The molecule has 0 aliphatic carbocycles. The lowest BCUT2D eigenvalue weighted by Crippen LogP contribution is -2.29.